The van der Waals surface area contributed by atoms with Crippen molar-refractivity contribution in [3.05, 3.63) is 36.0 Å². The molecule has 1 aromatic heterocycles. The first-order valence-corrected chi connectivity index (χ1v) is 7.06. The molecule has 0 saturated carbocycles. The lowest BCUT2D eigenvalue weighted by atomic mass is 10.1. The molecule has 1 atom stereocenters. The number of nitrogens with two attached hydrogens (primary N) is 1. The monoisotopic (exact) mass is 302 g/mol. The van der Waals surface area contributed by atoms with Crippen molar-refractivity contribution >= 4 is 24.7 Å². The number of rotatable bonds is 3. The lowest BCUT2D eigenvalue weighted by Gasteiger charge is -2.04. The van der Waals surface area contributed by atoms with E-state index in [0.717, 1.165) is 16.5 Å². The van der Waals surface area contributed by atoms with Crippen LogP contribution in [0.5, 0.6) is 0 Å². The number of carboxylic acid groups (broad SMARTS) is 1. The fourth-order valence-corrected chi connectivity index (χ4v) is 1.62. The maximum absolute atomic E-state index is 10.6. The minimum absolute atomic E-state index is 0.347. The Labute approximate surface area is 114 Å². The van der Waals surface area contributed by atoms with Gasteiger partial charge < -0.3 is 30.5 Å². The zero-order chi connectivity index (χ0) is 15.3. The zero-order valence-corrected chi connectivity index (χ0v) is 11.2. The number of aromatic nitrogens is 1. The van der Waals surface area contributed by atoms with Gasteiger partial charge in [-0.15, -0.1) is 0 Å². The second-order valence-electron chi connectivity index (χ2n) is 4.02. The Morgan fingerprint density at radius 2 is 1.85 bits per heavy atom. The predicted molar refractivity (Wildman–Crippen MR) is 71.9 cm³/mol. The molecule has 0 spiro atoms. The van der Waals surface area contributed by atoms with E-state index >= 15 is 0 Å². The van der Waals surface area contributed by atoms with Gasteiger partial charge in [0, 0.05) is 23.5 Å². The molecule has 20 heavy (non-hydrogen) atoms. The van der Waals surface area contributed by atoms with Crippen LogP contribution in [0.4, 0.5) is 0 Å². The van der Waals surface area contributed by atoms with Gasteiger partial charge in [0.05, 0.1) is 0 Å². The van der Waals surface area contributed by atoms with Crippen LogP contribution in [0.1, 0.15) is 5.56 Å². The van der Waals surface area contributed by atoms with Gasteiger partial charge in [-0.3, -0.25) is 4.79 Å². The first-order chi connectivity index (χ1) is 9.18. The van der Waals surface area contributed by atoms with Crippen LogP contribution in [-0.4, -0.2) is 36.8 Å². The highest BCUT2D eigenvalue weighted by Crippen LogP contribution is 2.25. The summed E-state index contributed by atoms with van der Waals surface area (Å²) in [6.45, 7) is 0. The lowest BCUT2D eigenvalue weighted by molar-refractivity contribution is -0.138. The summed E-state index contributed by atoms with van der Waals surface area (Å²) in [7, 11) is -4.64. The van der Waals surface area contributed by atoms with Crippen LogP contribution in [0.3, 0.4) is 0 Å². The summed E-state index contributed by atoms with van der Waals surface area (Å²) in [4.78, 5) is 35.3. The second-order valence-corrected chi connectivity index (χ2v) is 5.05. The highest BCUT2D eigenvalue weighted by molar-refractivity contribution is 7.45. The summed E-state index contributed by atoms with van der Waals surface area (Å²) in [5, 5.41) is 9.75. The largest absolute Gasteiger partial charge is 0.480 e. The first-order valence-electron chi connectivity index (χ1n) is 5.50. The quantitative estimate of drug-likeness (QED) is 0.442. The molecule has 9 heteroatoms. The summed E-state index contributed by atoms with van der Waals surface area (Å²) < 4.78 is 8.88. The minimum atomic E-state index is -4.64. The standard InChI is InChI=1S/C11H12N2O2.H3O4P/c12-9(11(14)15)5-7-6-13-10-4-2-1-3-8(7)10;1-5(2,3)4/h1-4,6,9,13H,5,12H2,(H,14,15);(H3,1,2,3,4)/t9-;/m0./s1. The SMILES string of the molecule is N[C@@H](Cc1c[nH]c2ccccc12)C(=O)O.O=P(O)(O)O. The summed E-state index contributed by atoms with van der Waals surface area (Å²) in [5.41, 5.74) is 7.43. The Balaban J connectivity index is 0.000000347. The minimum Gasteiger partial charge on any atom is -0.480 e. The smallest absolute Gasteiger partial charge is 0.466 e. The van der Waals surface area contributed by atoms with Crippen LogP contribution in [-0.2, 0) is 15.8 Å². The fourth-order valence-electron chi connectivity index (χ4n) is 1.62. The molecular weight excluding hydrogens is 287 g/mol. The van der Waals surface area contributed by atoms with Crippen LogP contribution >= 0.6 is 7.82 Å². The van der Waals surface area contributed by atoms with Gasteiger partial charge in [-0.05, 0) is 11.6 Å². The maximum atomic E-state index is 10.6. The molecule has 110 valence electrons. The van der Waals surface area contributed by atoms with E-state index in [9.17, 15) is 4.79 Å². The molecule has 7 N–H and O–H groups in total. The number of phosphoric acid groups is 1. The number of carbonyl (C=O) groups is 1. The van der Waals surface area contributed by atoms with Crippen molar-refractivity contribution in [2.45, 2.75) is 12.5 Å². The number of H-pyrrole nitrogens is 1. The van der Waals surface area contributed by atoms with Crippen molar-refractivity contribution in [1.29, 1.82) is 0 Å². The molecule has 2 rings (SSSR count). The van der Waals surface area contributed by atoms with Gasteiger partial charge in [-0.1, -0.05) is 18.2 Å². The second kappa shape index (κ2) is 6.65. The number of hydrogen-bond donors (Lipinski definition) is 6. The molecule has 8 nitrogen and oxygen atoms in total. The molecule has 0 aliphatic rings. The number of hydrogen-bond acceptors (Lipinski definition) is 3. The molecule has 0 radical (unpaired) electrons. The number of para-hydroxylation sites is 1. The normalized spacial score (nSPS) is 12.6. The van der Waals surface area contributed by atoms with Crippen molar-refractivity contribution < 1.29 is 29.1 Å². The van der Waals surface area contributed by atoms with Gasteiger partial charge in [0.25, 0.3) is 0 Å². The van der Waals surface area contributed by atoms with Gasteiger partial charge in [0.2, 0.25) is 0 Å². The highest BCUT2D eigenvalue weighted by atomic mass is 31.2. The number of benzene rings is 1. The molecule has 1 aromatic carbocycles. The van der Waals surface area contributed by atoms with Gasteiger partial charge in [-0.2, -0.15) is 0 Å². The van der Waals surface area contributed by atoms with E-state index in [1.165, 1.54) is 0 Å². The number of carboxylic acids is 1. The average molecular weight is 302 g/mol. The lowest BCUT2D eigenvalue weighted by Crippen LogP contribution is -2.32. The zero-order valence-electron chi connectivity index (χ0n) is 10.3. The Hall–Kier alpha value is -1.70. The molecular formula is C11H15N2O6P. The molecule has 1 heterocycles. The third-order valence-corrected chi connectivity index (χ3v) is 2.43. The van der Waals surface area contributed by atoms with Gasteiger partial charge >= 0.3 is 13.8 Å². The Morgan fingerprint density at radius 1 is 1.30 bits per heavy atom. The third-order valence-electron chi connectivity index (χ3n) is 2.43. The number of aliphatic carboxylic acids is 1. The van der Waals surface area contributed by atoms with Crippen molar-refractivity contribution in [2.24, 2.45) is 5.73 Å². The molecule has 0 amide bonds. The van der Waals surface area contributed by atoms with Crippen molar-refractivity contribution in [1.82, 2.24) is 4.98 Å². The topological polar surface area (TPSA) is 157 Å². The van der Waals surface area contributed by atoms with Gasteiger partial charge in [0.1, 0.15) is 6.04 Å². The molecule has 0 aliphatic heterocycles. The van der Waals surface area contributed by atoms with E-state index in [0.29, 0.717) is 6.42 Å². The summed E-state index contributed by atoms with van der Waals surface area (Å²) >= 11 is 0. The van der Waals surface area contributed by atoms with Crippen LogP contribution in [0, 0.1) is 0 Å². The molecule has 2 aromatic rings. The fraction of sp³-hybridized carbons (Fsp3) is 0.182. The molecule has 0 unspecified atom stereocenters. The van der Waals surface area contributed by atoms with Crippen molar-refractivity contribution in [3.63, 3.8) is 0 Å². The summed E-state index contributed by atoms with van der Waals surface area (Å²) in [6.07, 6.45) is 2.16. The van der Waals surface area contributed by atoms with E-state index in [2.05, 4.69) is 4.98 Å². The van der Waals surface area contributed by atoms with E-state index in [-0.39, 0.29) is 0 Å². The van der Waals surface area contributed by atoms with Gasteiger partial charge in [-0.25, -0.2) is 4.57 Å². The van der Waals surface area contributed by atoms with Crippen LogP contribution < -0.4 is 5.73 Å². The number of aromatic amines is 1. The highest BCUT2D eigenvalue weighted by Gasteiger charge is 2.14. The van der Waals surface area contributed by atoms with Crippen molar-refractivity contribution in [2.75, 3.05) is 0 Å². The molecule has 0 fully saturated rings. The first kappa shape index (κ1) is 16.4. The Morgan fingerprint density at radius 3 is 2.40 bits per heavy atom. The van der Waals surface area contributed by atoms with Crippen molar-refractivity contribution in [3.8, 4) is 0 Å². The third kappa shape index (κ3) is 5.52. The Bertz CT molecular complexity index is 626. The van der Waals surface area contributed by atoms with Crippen LogP contribution in [0.25, 0.3) is 10.9 Å². The van der Waals surface area contributed by atoms with E-state index in [4.69, 9.17) is 30.1 Å². The average Bonchev–Trinajstić information content (AvgIpc) is 2.70. The van der Waals surface area contributed by atoms with E-state index < -0.39 is 19.8 Å². The summed E-state index contributed by atoms with van der Waals surface area (Å²) in [6, 6.07) is 6.91. The number of fused-ring (bicyclic) bond motifs is 1. The van der Waals surface area contributed by atoms with Gasteiger partial charge in [0.15, 0.2) is 0 Å². The van der Waals surface area contributed by atoms with Crippen LogP contribution in [0.15, 0.2) is 30.5 Å². The van der Waals surface area contributed by atoms with E-state index in [1.807, 2.05) is 30.5 Å². The van der Waals surface area contributed by atoms with Crippen LogP contribution in [0.2, 0.25) is 0 Å². The molecule has 0 bridgehead atoms. The predicted octanol–water partition coefficient (Wildman–Crippen LogP) is 0.194. The molecule has 0 aliphatic carbocycles. The molecule has 0 saturated heterocycles. The maximum Gasteiger partial charge on any atom is 0.466 e. The Kier molecular flexibility index (Phi) is 5.43. The van der Waals surface area contributed by atoms with E-state index in [1.54, 1.807) is 0 Å². The number of nitrogens with one attached hydrogen (secondary N) is 1. The summed E-state index contributed by atoms with van der Waals surface area (Å²) in [5.74, 6) is -0.972.